The number of aromatic nitrogens is 1. The minimum absolute atomic E-state index is 0. The van der Waals surface area contributed by atoms with Gasteiger partial charge in [0.25, 0.3) is 5.91 Å². The normalized spacial score (nSPS) is 12.9. The molecular formula is C17H22Cl2N4O. The maximum atomic E-state index is 12.1. The molecule has 0 spiro atoms. The number of rotatable bonds is 4. The first-order valence-corrected chi connectivity index (χ1v) is 7.56. The van der Waals surface area contributed by atoms with Gasteiger partial charge in [0.1, 0.15) is 5.82 Å². The van der Waals surface area contributed by atoms with Crippen molar-refractivity contribution in [3.8, 4) is 0 Å². The third-order valence-corrected chi connectivity index (χ3v) is 3.90. The van der Waals surface area contributed by atoms with Crippen molar-refractivity contribution in [2.45, 2.75) is 19.4 Å². The lowest BCUT2D eigenvalue weighted by Gasteiger charge is -2.16. The molecule has 1 aliphatic rings. The predicted octanol–water partition coefficient (Wildman–Crippen LogP) is 3.04. The van der Waals surface area contributed by atoms with Crippen LogP contribution < -0.4 is 16.0 Å². The zero-order valence-electron chi connectivity index (χ0n) is 13.3. The Morgan fingerprint density at radius 2 is 1.83 bits per heavy atom. The van der Waals surface area contributed by atoms with Gasteiger partial charge in [-0.15, -0.1) is 24.8 Å². The first-order chi connectivity index (χ1) is 10.7. The smallest absolute Gasteiger partial charge is 0.253 e. The molecule has 1 aromatic heterocycles. The number of amides is 1. The molecule has 2 aromatic rings. The Labute approximate surface area is 154 Å². The lowest BCUT2D eigenvalue weighted by molar-refractivity contribution is 0.0952. The van der Waals surface area contributed by atoms with Crippen LogP contribution in [0.15, 0.2) is 42.6 Å². The highest BCUT2D eigenvalue weighted by Gasteiger charge is 2.13. The minimum Gasteiger partial charge on any atom is -0.398 e. The summed E-state index contributed by atoms with van der Waals surface area (Å²) >= 11 is 0. The molecule has 0 aliphatic carbocycles. The monoisotopic (exact) mass is 368 g/mol. The van der Waals surface area contributed by atoms with Crippen LogP contribution in [-0.2, 0) is 6.54 Å². The lowest BCUT2D eigenvalue weighted by Crippen LogP contribution is -2.24. The Morgan fingerprint density at radius 1 is 1.12 bits per heavy atom. The van der Waals surface area contributed by atoms with Crippen molar-refractivity contribution < 1.29 is 4.79 Å². The third-order valence-electron chi connectivity index (χ3n) is 3.90. The van der Waals surface area contributed by atoms with Crippen LogP contribution in [0.3, 0.4) is 0 Å². The van der Waals surface area contributed by atoms with E-state index in [9.17, 15) is 4.79 Å². The van der Waals surface area contributed by atoms with E-state index in [4.69, 9.17) is 5.73 Å². The number of benzene rings is 1. The van der Waals surface area contributed by atoms with Crippen LogP contribution in [0.4, 0.5) is 11.5 Å². The average molecular weight is 369 g/mol. The molecule has 7 heteroatoms. The second-order valence-corrected chi connectivity index (χ2v) is 5.49. The fourth-order valence-electron chi connectivity index (χ4n) is 2.64. The van der Waals surface area contributed by atoms with E-state index in [-0.39, 0.29) is 30.7 Å². The van der Waals surface area contributed by atoms with Gasteiger partial charge in [0.05, 0.1) is 5.56 Å². The number of nitrogens with one attached hydrogen (secondary N) is 1. The first kappa shape index (κ1) is 20.1. The van der Waals surface area contributed by atoms with Gasteiger partial charge in [-0.3, -0.25) is 4.79 Å². The van der Waals surface area contributed by atoms with Crippen LogP contribution in [0.2, 0.25) is 0 Å². The molecule has 1 aliphatic heterocycles. The fraction of sp³-hybridized carbons (Fsp3) is 0.294. The summed E-state index contributed by atoms with van der Waals surface area (Å²) in [4.78, 5) is 18.9. The Hall–Kier alpha value is -1.98. The number of hydrogen-bond acceptors (Lipinski definition) is 4. The number of carbonyl (C=O) groups is 1. The predicted molar refractivity (Wildman–Crippen MR) is 102 cm³/mol. The Balaban J connectivity index is 0.00000144. The first-order valence-electron chi connectivity index (χ1n) is 7.56. The second-order valence-electron chi connectivity index (χ2n) is 5.49. The van der Waals surface area contributed by atoms with Crippen molar-refractivity contribution in [2.24, 2.45) is 0 Å². The molecule has 130 valence electrons. The molecule has 0 unspecified atom stereocenters. The molecule has 1 aromatic carbocycles. The molecule has 1 saturated heterocycles. The van der Waals surface area contributed by atoms with E-state index in [0.29, 0.717) is 17.8 Å². The molecule has 1 fully saturated rings. The van der Waals surface area contributed by atoms with Crippen LogP contribution in [0.25, 0.3) is 0 Å². The van der Waals surface area contributed by atoms with Gasteiger partial charge in [-0.25, -0.2) is 4.98 Å². The Bertz CT molecular complexity index is 658. The molecule has 0 atom stereocenters. The topological polar surface area (TPSA) is 71.2 Å². The molecule has 3 N–H and O–H groups in total. The van der Waals surface area contributed by atoms with Crippen LogP contribution in [0.5, 0.6) is 0 Å². The van der Waals surface area contributed by atoms with E-state index in [1.165, 1.54) is 12.8 Å². The van der Waals surface area contributed by atoms with Gasteiger partial charge >= 0.3 is 0 Å². The molecule has 24 heavy (non-hydrogen) atoms. The number of anilines is 2. The molecule has 1 amide bonds. The highest BCUT2D eigenvalue weighted by atomic mass is 35.5. The quantitative estimate of drug-likeness (QED) is 0.813. The van der Waals surface area contributed by atoms with Crippen molar-refractivity contribution in [1.82, 2.24) is 10.3 Å². The number of para-hydroxylation sites is 1. The standard InChI is InChI=1S/C17H20N4O.2ClH/c18-15-6-2-1-5-14(15)17(22)20-12-13-7-8-16(19-11-13)21-9-3-4-10-21;;/h1-2,5-8,11H,3-4,9-10,12,18H2,(H,20,22);2*1H. The van der Waals surface area contributed by atoms with Crippen LogP contribution in [0.1, 0.15) is 28.8 Å². The molecule has 0 saturated carbocycles. The van der Waals surface area contributed by atoms with Crippen LogP contribution >= 0.6 is 24.8 Å². The van der Waals surface area contributed by atoms with Gasteiger partial charge in [0, 0.05) is 31.5 Å². The van der Waals surface area contributed by atoms with E-state index in [0.717, 1.165) is 24.5 Å². The zero-order valence-corrected chi connectivity index (χ0v) is 14.9. The average Bonchev–Trinajstić information content (AvgIpc) is 3.08. The van der Waals surface area contributed by atoms with Crippen molar-refractivity contribution in [1.29, 1.82) is 0 Å². The maximum Gasteiger partial charge on any atom is 0.253 e. The molecule has 5 nitrogen and oxygen atoms in total. The minimum atomic E-state index is -0.165. The van der Waals surface area contributed by atoms with Gasteiger partial charge < -0.3 is 16.0 Å². The maximum absolute atomic E-state index is 12.1. The molecule has 0 bridgehead atoms. The van der Waals surface area contributed by atoms with Crippen molar-refractivity contribution in [2.75, 3.05) is 23.7 Å². The van der Waals surface area contributed by atoms with E-state index in [1.807, 2.05) is 24.4 Å². The Kier molecular flexibility index (Phi) is 7.82. The highest BCUT2D eigenvalue weighted by Crippen LogP contribution is 2.17. The van der Waals surface area contributed by atoms with E-state index < -0.39 is 0 Å². The summed E-state index contributed by atoms with van der Waals surface area (Å²) in [5, 5.41) is 2.87. The van der Waals surface area contributed by atoms with Gasteiger partial charge in [-0.2, -0.15) is 0 Å². The number of carbonyl (C=O) groups excluding carboxylic acids is 1. The Morgan fingerprint density at radius 3 is 2.46 bits per heavy atom. The van der Waals surface area contributed by atoms with Gasteiger partial charge in [-0.1, -0.05) is 18.2 Å². The van der Waals surface area contributed by atoms with Crippen molar-refractivity contribution >= 4 is 42.2 Å². The van der Waals surface area contributed by atoms with Gasteiger partial charge in [0.2, 0.25) is 0 Å². The fourth-order valence-corrected chi connectivity index (χ4v) is 2.64. The van der Waals surface area contributed by atoms with Gasteiger partial charge in [-0.05, 0) is 36.6 Å². The number of halogens is 2. The number of nitrogens with two attached hydrogens (primary N) is 1. The number of nitrogen functional groups attached to an aromatic ring is 1. The van der Waals surface area contributed by atoms with Crippen molar-refractivity contribution in [3.05, 3.63) is 53.7 Å². The number of pyridine rings is 1. The van der Waals surface area contributed by atoms with Gasteiger partial charge in [0.15, 0.2) is 0 Å². The zero-order chi connectivity index (χ0) is 15.4. The van der Waals surface area contributed by atoms with E-state index in [1.54, 1.807) is 18.2 Å². The summed E-state index contributed by atoms with van der Waals surface area (Å²) < 4.78 is 0. The highest BCUT2D eigenvalue weighted by molar-refractivity contribution is 5.98. The third kappa shape index (κ3) is 4.76. The molecule has 0 radical (unpaired) electrons. The van der Waals surface area contributed by atoms with E-state index >= 15 is 0 Å². The largest absolute Gasteiger partial charge is 0.398 e. The number of hydrogen-bond donors (Lipinski definition) is 2. The number of nitrogens with zero attached hydrogens (tertiary/aromatic N) is 2. The lowest BCUT2D eigenvalue weighted by atomic mass is 10.1. The van der Waals surface area contributed by atoms with E-state index in [2.05, 4.69) is 15.2 Å². The van der Waals surface area contributed by atoms with Crippen LogP contribution in [0, 0.1) is 0 Å². The summed E-state index contributed by atoms with van der Waals surface area (Å²) in [5.74, 6) is 0.849. The second kappa shape index (κ2) is 9.35. The summed E-state index contributed by atoms with van der Waals surface area (Å²) in [5.41, 5.74) is 7.77. The van der Waals surface area contributed by atoms with Crippen LogP contribution in [-0.4, -0.2) is 24.0 Å². The SMILES string of the molecule is Cl.Cl.Nc1ccccc1C(=O)NCc1ccc(N2CCCC2)nc1. The summed E-state index contributed by atoms with van der Waals surface area (Å²) in [7, 11) is 0. The van der Waals surface area contributed by atoms with Crippen molar-refractivity contribution in [3.63, 3.8) is 0 Å². The summed E-state index contributed by atoms with van der Waals surface area (Å²) in [6.07, 6.45) is 4.29. The molecular weight excluding hydrogens is 347 g/mol. The molecule has 3 rings (SSSR count). The summed E-state index contributed by atoms with van der Waals surface area (Å²) in [6, 6.07) is 11.1. The summed E-state index contributed by atoms with van der Waals surface area (Å²) in [6.45, 7) is 2.60. The molecule has 2 heterocycles.